The molecule has 0 radical (unpaired) electrons. The number of benzene rings is 1. The minimum atomic E-state index is -0.354. The highest BCUT2D eigenvalue weighted by Gasteiger charge is 2.21. The second kappa shape index (κ2) is 7.94. The number of aromatic nitrogens is 1. The zero-order chi connectivity index (χ0) is 18.7. The van der Waals surface area contributed by atoms with Crippen molar-refractivity contribution < 1.29 is 19.0 Å². The number of carbonyl (C=O) groups excluding carboxylic acids is 1. The van der Waals surface area contributed by atoms with Gasteiger partial charge in [-0.15, -0.1) is 22.7 Å². The summed E-state index contributed by atoms with van der Waals surface area (Å²) in [5.41, 5.74) is 1.09. The smallest absolute Gasteiger partial charge is 0.261 e. The number of ether oxygens (including phenoxy) is 3. The maximum Gasteiger partial charge on any atom is 0.261 e. The molecule has 6 nitrogen and oxygen atoms in total. The molecule has 136 valence electrons. The van der Waals surface area contributed by atoms with Gasteiger partial charge in [0.05, 0.1) is 41.8 Å². The van der Waals surface area contributed by atoms with Crippen LogP contribution in [0.25, 0.3) is 10.6 Å². The van der Waals surface area contributed by atoms with Crippen molar-refractivity contribution in [2.75, 3.05) is 26.6 Å². The Labute approximate surface area is 163 Å². The van der Waals surface area contributed by atoms with Crippen molar-refractivity contribution in [2.45, 2.75) is 0 Å². The molecular formula is C17H15ClN2O4S2. The molecule has 26 heavy (non-hydrogen) atoms. The van der Waals surface area contributed by atoms with E-state index in [1.807, 2.05) is 17.5 Å². The summed E-state index contributed by atoms with van der Waals surface area (Å²) in [5, 5.41) is 5.13. The molecule has 0 bridgehead atoms. The molecule has 0 atom stereocenters. The second-order valence-electron chi connectivity index (χ2n) is 4.98. The number of anilines is 1. The lowest BCUT2D eigenvalue weighted by Gasteiger charge is -2.15. The number of amides is 1. The summed E-state index contributed by atoms with van der Waals surface area (Å²) in [6.07, 6.45) is 0. The Hall–Kier alpha value is -2.29. The maximum absolute atomic E-state index is 12.7. The number of halogens is 1. The summed E-state index contributed by atoms with van der Waals surface area (Å²) in [5.74, 6) is 0.779. The largest absolute Gasteiger partial charge is 0.493 e. The first-order chi connectivity index (χ1) is 12.6. The molecule has 3 rings (SSSR count). The van der Waals surface area contributed by atoms with Gasteiger partial charge in [-0.2, -0.15) is 0 Å². The topological polar surface area (TPSA) is 69.7 Å². The highest BCUT2D eigenvalue weighted by atomic mass is 35.5. The molecule has 0 unspecified atom stereocenters. The Balaban J connectivity index is 1.86. The lowest BCUT2D eigenvalue weighted by atomic mass is 10.1. The van der Waals surface area contributed by atoms with Gasteiger partial charge in [0.25, 0.3) is 5.91 Å². The average Bonchev–Trinajstić information content (AvgIpc) is 3.28. The Morgan fingerprint density at radius 2 is 1.85 bits per heavy atom. The van der Waals surface area contributed by atoms with E-state index in [9.17, 15) is 4.79 Å². The Morgan fingerprint density at radius 1 is 1.08 bits per heavy atom. The molecule has 2 aromatic heterocycles. The highest BCUT2D eigenvalue weighted by molar-refractivity contribution is 7.20. The van der Waals surface area contributed by atoms with Crippen molar-refractivity contribution in [1.82, 2.24) is 4.98 Å². The van der Waals surface area contributed by atoms with Crippen molar-refractivity contribution in [3.63, 3.8) is 0 Å². The Morgan fingerprint density at radius 3 is 2.46 bits per heavy atom. The average molecular weight is 411 g/mol. The summed E-state index contributed by atoms with van der Waals surface area (Å²) >= 11 is 8.72. The van der Waals surface area contributed by atoms with Crippen molar-refractivity contribution >= 4 is 45.3 Å². The van der Waals surface area contributed by atoms with Crippen LogP contribution in [0.1, 0.15) is 10.4 Å². The van der Waals surface area contributed by atoms with Crippen LogP contribution in [0.4, 0.5) is 5.13 Å². The van der Waals surface area contributed by atoms with Crippen LogP contribution in [0.15, 0.2) is 29.6 Å². The lowest BCUT2D eigenvalue weighted by Crippen LogP contribution is -2.13. The number of thiazole rings is 1. The van der Waals surface area contributed by atoms with Crippen molar-refractivity contribution in [3.05, 3.63) is 39.5 Å². The molecule has 0 saturated heterocycles. The van der Waals surface area contributed by atoms with Gasteiger partial charge in [0.1, 0.15) is 0 Å². The molecule has 1 aromatic carbocycles. The van der Waals surface area contributed by atoms with E-state index in [0.29, 0.717) is 32.3 Å². The molecule has 0 spiro atoms. The van der Waals surface area contributed by atoms with Crippen LogP contribution >= 0.6 is 34.3 Å². The fraction of sp³-hybridized carbons (Fsp3) is 0.176. The molecule has 0 aliphatic carbocycles. The Bertz CT molecular complexity index is 939. The van der Waals surface area contributed by atoms with Crippen LogP contribution in [0, 0.1) is 0 Å². The van der Waals surface area contributed by atoms with Crippen molar-refractivity contribution in [1.29, 1.82) is 0 Å². The third-order valence-electron chi connectivity index (χ3n) is 3.50. The van der Waals surface area contributed by atoms with Gasteiger partial charge in [0, 0.05) is 5.38 Å². The summed E-state index contributed by atoms with van der Waals surface area (Å²) in [7, 11) is 4.47. The molecule has 1 amide bonds. The van der Waals surface area contributed by atoms with E-state index in [-0.39, 0.29) is 5.91 Å². The number of thiophene rings is 1. The van der Waals surface area contributed by atoms with Crippen LogP contribution in [0.5, 0.6) is 17.2 Å². The fourth-order valence-corrected chi connectivity index (χ4v) is 4.12. The summed E-state index contributed by atoms with van der Waals surface area (Å²) < 4.78 is 16.6. The molecule has 1 N–H and O–H groups in total. The van der Waals surface area contributed by atoms with E-state index in [1.54, 1.807) is 12.1 Å². The SMILES string of the molecule is COc1ccc(C(=O)Nc2nc(-c3ccc(Cl)s3)cs2)c(OC)c1OC. The van der Waals surface area contributed by atoms with Crippen molar-refractivity contribution in [3.8, 4) is 27.8 Å². The molecule has 9 heteroatoms. The highest BCUT2D eigenvalue weighted by Crippen LogP contribution is 2.40. The zero-order valence-electron chi connectivity index (χ0n) is 14.2. The van der Waals surface area contributed by atoms with Gasteiger partial charge in [-0.25, -0.2) is 4.98 Å². The van der Waals surface area contributed by atoms with Gasteiger partial charge >= 0.3 is 0 Å². The van der Waals surface area contributed by atoms with E-state index in [2.05, 4.69) is 10.3 Å². The first-order valence-electron chi connectivity index (χ1n) is 7.39. The normalized spacial score (nSPS) is 10.5. The Kier molecular flexibility index (Phi) is 5.65. The lowest BCUT2D eigenvalue weighted by molar-refractivity contribution is 0.102. The third-order valence-corrected chi connectivity index (χ3v) is 5.51. The summed E-state index contributed by atoms with van der Waals surface area (Å²) in [6, 6.07) is 6.97. The van der Waals surface area contributed by atoms with E-state index < -0.39 is 0 Å². The van der Waals surface area contributed by atoms with Crippen LogP contribution in [-0.2, 0) is 0 Å². The van der Waals surface area contributed by atoms with Crippen LogP contribution in [0.2, 0.25) is 4.34 Å². The van der Waals surface area contributed by atoms with Gasteiger partial charge in [-0.1, -0.05) is 11.6 Å². The molecule has 0 fully saturated rings. The van der Waals surface area contributed by atoms with Crippen LogP contribution in [-0.4, -0.2) is 32.2 Å². The van der Waals surface area contributed by atoms with Crippen molar-refractivity contribution in [2.24, 2.45) is 0 Å². The number of nitrogens with zero attached hydrogens (tertiary/aromatic N) is 1. The predicted molar refractivity (Wildman–Crippen MR) is 104 cm³/mol. The quantitative estimate of drug-likeness (QED) is 0.631. The van der Waals surface area contributed by atoms with E-state index in [1.165, 1.54) is 44.0 Å². The summed E-state index contributed by atoms with van der Waals surface area (Å²) in [4.78, 5) is 18.0. The first kappa shape index (κ1) is 18.5. The van der Waals surface area contributed by atoms with Gasteiger partial charge < -0.3 is 14.2 Å². The van der Waals surface area contributed by atoms with Crippen LogP contribution in [0.3, 0.4) is 0 Å². The summed E-state index contributed by atoms with van der Waals surface area (Å²) in [6.45, 7) is 0. The fourth-order valence-electron chi connectivity index (χ4n) is 2.34. The predicted octanol–water partition coefficient (Wildman–Crippen LogP) is 4.80. The van der Waals surface area contributed by atoms with Gasteiger partial charge in [-0.05, 0) is 24.3 Å². The molecule has 0 saturated carbocycles. The number of nitrogens with one attached hydrogen (secondary N) is 1. The number of rotatable bonds is 6. The molecule has 3 aromatic rings. The van der Waals surface area contributed by atoms with E-state index >= 15 is 0 Å². The standard InChI is InChI=1S/C17H15ClN2O4S2/c1-22-11-5-4-9(14(23-2)15(11)24-3)16(21)20-17-19-10(8-25-17)12-6-7-13(18)26-12/h4-8H,1-3H3,(H,19,20,21). The van der Waals surface area contributed by atoms with Gasteiger partial charge in [0.2, 0.25) is 5.75 Å². The zero-order valence-corrected chi connectivity index (χ0v) is 16.6. The number of hydrogen-bond donors (Lipinski definition) is 1. The monoisotopic (exact) mass is 410 g/mol. The van der Waals surface area contributed by atoms with E-state index in [4.69, 9.17) is 25.8 Å². The second-order valence-corrected chi connectivity index (χ2v) is 7.55. The van der Waals surface area contributed by atoms with Gasteiger partial charge in [-0.3, -0.25) is 10.1 Å². The van der Waals surface area contributed by atoms with E-state index in [0.717, 1.165) is 10.6 Å². The van der Waals surface area contributed by atoms with Crippen LogP contribution < -0.4 is 19.5 Å². The first-order valence-corrected chi connectivity index (χ1v) is 9.46. The third kappa shape index (κ3) is 3.62. The molecule has 0 aliphatic heterocycles. The minimum absolute atomic E-state index is 0.297. The van der Waals surface area contributed by atoms with Gasteiger partial charge in [0.15, 0.2) is 16.6 Å². The molecule has 0 aliphatic rings. The number of methoxy groups -OCH3 is 3. The maximum atomic E-state index is 12.7. The number of carbonyl (C=O) groups is 1. The minimum Gasteiger partial charge on any atom is -0.493 e. The number of hydrogen-bond acceptors (Lipinski definition) is 7. The molecule has 2 heterocycles. The molecular weight excluding hydrogens is 396 g/mol.